The van der Waals surface area contributed by atoms with E-state index in [1.807, 2.05) is 24.9 Å². The van der Waals surface area contributed by atoms with Crippen molar-refractivity contribution in [1.82, 2.24) is 9.21 Å². The van der Waals surface area contributed by atoms with Crippen LogP contribution < -0.4 is 4.90 Å². The van der Waals surface area contributed by atoms with Crippen molar-refractivity contribution in [2.75, 3.05) is 33.2 Å². The van der Waals surface area contributed by atoms with Crippen LogP contribution in [0, 0.1) is 0 Å². The van der Waals surface area contributed by atoms with Crippen LogP contribution in [0.1, 0.15) is 39.0 Å². The number of piperazine rings is 1. The zero-order valence-electron chi connectivity index (χ0n) is 16.4. The fourth-order valence-electron chi connectivity index (χ4n) is 4.32. The molecule has 6 nitrogen and oxygen atoms in total. The number of hydrogen-bond acceptors (Lipinski definition) is 3. The first kappa shape index (κ1) is 20.3. The number of nitrogens with one attached hydrogen (secondary N) is 1. The van der Waals surface area contributed by atoms with Gasteiger partial charge in [0.1, 0.15) is 0 Å². The minimum atomic E-state index is -3.44. The van der Waals surface area contributed by atoms with E-state index >= 15 is 0 Å². The van der Waals surface area contributed by atoms with E-state index in [0.717, 1.165) is 12.8 Å². The third kappa shape index (κ3) is 4.52. The van der Waals surface area contributed by atoms with Crippen molar-refractivity contribution in [2.45, 2.75) is 56.0 Å². The van der Waals surface area contributed by atoms with Gasteiger partial charge in [0.25, 0.3) is 5.91 Å². The lowest BCUT2D eigenvalue weighted by Crippen LogP contribution is -3.19. The van der Waals surface area contributed by atoms with E-state index in [0.29, 0.717) is 37.1 Å². The van der Waals surface area contributed by atoms with E-state index in [1.165, 1.54) is 24.2 Å². The number of carbonyl (C=O) groups is 1. The molecule has 1 heterocycles. The van der Waals surface area contributed by atoms with Gasteiger partial charge in [-0.3, -0.25) is 4.79 Å². The third-order valence-electron chi connectivity index (χ3n) is 6.20. The van der Waals surface area contributed by atoms with E-state index in [4.69, 9.17) is 0 Å². The van der Waals surface area contributed by atoms with Gasteiger partial charge in [-0.2, -0.15) is 4.31 Å². The molecule has 2 aliphatic rings. The summed E-state index contributed by atoms with van der Waals surface area (Å²) in [4.78, 5) is 16.4. The molecule has 1 aliphatic carbocycles. The van der Waals surface area contributed by atoms with E-state index in [9.17, 15) is 13.2 Å². The summed E-state index contributed by atoms with van der Waals surface area (Å²) in [6.45, 7) is 4.22. The van der Waals surface area contributed by atoms with Crippen molar-refractivity contribution < 1.29 is 18.1 Å². The second-order valence-electron chi connectivity index (χ2n) is 7.84. The Kier molecular flexibility index (Phi) is 6.55. The van der Waals surface area contributed by atoms with E-state index < -0.39 is 10.0 Å². The van der Waals surface area contributed by atoms with Gasteiger partial charge in [-0.25, -0.2) is 8.42 Å². The Morgan fingerprint density at radius 2 is 1.70 bits per heavy atom. The van der Waals surface area contributed by atoms with Gasteiger partial charge in [-0.05, 0) is 31.9 Å². The molecule has 27 heavy (non-hydrogen) atoms. The van der Waals surface area contributed by atoms with Gasteiger partial charge in [0.15, 0.2) is 6.04 Å². The molecule has 1 aromatic rings. The van der Waals surface area contributed by atoms with Gasteiger partial charge >= 0.3 is 0 Å². The molecule has 0 unspecified atom stereocenters. The van der Waals surface area contributed by atoms with Crippen LogP contribution in [-0.2, 0) is 14.8 Å². The Bertz CT molecular complexity index is 724. The van der Waals surface area contributed by atoms with Crippen LogP contribution in [0.15, 0.2) is 35.2 Å². The molecular formula is C20H32N3O3S+. The number of rotatable bonds is 5. The molecule has 1 amide bonds. The minimum Gasteiger partial charge on any atom is -0.338 e. The molecule has 0 aromatic heterocycles. The smallest absolute Gasteiger partial charge is 0.280 e. The summed E-state index contributed by atoms with van der Waals surface area (Å²) >= 11 is 0. The highest BCUT2D eigenvalue weighted by Gasteiger charge is 2.36. The number of carbonyl (C=O) groups excluding carboxylic acids is 1. The molecule has 1 saturated heterocycles. The highest BCUT2D eigenvalue weighted by atomic mass is 32.2. The normalized spacial score (nSPS) is 21.7. The van der Waals surface area contributed by atoms with Gasteiger partial charge in [-0.1, -0.05) is 37.5 Å². The second-order valence-corrected chi connectivity index (χ2v) is 9.78. The van der Waals surface area contributed by atoms with E-state index in [1.54, 1.807) is 28.6 Å². The molecule has 1 saturated carbocycles. The lowest BCUT2D eigenvalue weighted by molar-refractivity contribution is -0.918. The van der Waals surface area contributed by atoms with Gasteiger partial charge in [0.2, 0.25) is 10.0 Å². The Balaban J connectivity index is 1.57. The van der Waals surface area contributed by atoms with Crippen molar-refractivity contribution in [3.05, 3.63) is 30.3 Å². The van der Waals surface area contributed by atoms with E-state index in [2.05, 4.69) is 0 Å². The lowest BCUT2D eigenvalue weighted by Gasteiger charge is -2.37. The van der Waals surface area contributed by atoms with Crippen LogP contribution >= 0.6 is 0 Å². The molecule has 1 N–H and O–H groups in total. The summed E-state index contributed by atoms with van der Waals surface area (Å²) in [6.07, 6.45) is 5.90. The van der Waals surface area contributed by atoms with E-state index in [-0.39, 0.29) is 11.9 Å². The third-order valence-corrected chi connectivity index (χ3v) is 8.11. The monoisotopic (exact) mass is 394 g/mol. The average molecular weight is 395 g/mol. The number of nitrogens with zero attached hydrogens (tertiary/aromatic N) is 2. The molecule has 0 radical (unpaired) electrons. The molecule has 1 atom stereocenters. The molecule has 1 aromatic carbocycles. The highest BCUT2D eigenvalue weighted by Crippen LogP contribution is 2.22. The SMILES string of the molecule is C[C@@H](C(=O)N(C)C1CCCCC1)[NH+]1CCN(S(=O)(=O)c2ccccc2)CC1. The van der Waals surface area contributed by atoms with Gasteiger partial charge < -0.3 is 9.80 Å². The van der Waals surface area contributed by atoms with Crippen LogP contribution in [0.5, 0.6) is 0 Å². The van der Waals surface area contributed by atoms with Gasteiger partial charge in [-0.15, -0.1) is 0 Å². The topological polar surface area (TPSA) is 62.1 Å². The first-order chi connectivity index (χ1) is 12.9. The predicted octanol–water partition coefficient (Wildman–Crippen LogP) is 0.755. The molecule has 3 rings (SSSR count). The maximum Gasteiger partial charge on any atom is 0.280 e. The van der Waals surface area contributed by atoms with Crippen molar-refractivity contribution >= 4 is 15.9 Å². The quantitative estimate of drug-likeness (QED) is 0.802. The second kappa shape index (κ2) is 8.71. The molecule has 0 spiro atoms. The van der Waals surface area contributed by atoms with Gasteiger partial charge in [0, 0.05) is 13.1 Å². The Morgan fingerprint density at radius 3 is 2.30 bits per heavy atom. The Morgan fingerprint density at radius 1 is 1.11 bits per heavy atom. The van der Waals surface area contributed by atoms with Crippen LogP contribution in [0.25, 0.3) is 0 Å². The number of likely N-dealkylation sites (N-methyl/N-ethyl adjacent to an activating group) is 1. The lowest BCUT2D eigenvalue weighted by atomic mass is 9.94. The van der Waals surface area contributed by atoms with Crippen LogP contribution in [0.4, 0.5) is 0 Å². The number of quaternary nitrogens is 1. The zero-order valence-corrected chi connectivity index (χ0v) is 17.2. The fraction of sp³-hybridized carbons (Fsp3) is 0.650. The van der Waals surface area contributed by atoms with Crippen molar-refractivity contribution in [2.24, 2.45) is 0 Å². The van der Waals surface area contributed by atoms with Crippen LogP contribution in [0.3, 0.4) is 0 Å². The molecular weight excluding hydrogens is 362 g/mol. The average Bonchev–Trinajstić information content (AvgIpc) is 2.73. The maximum atomic E-state index is 12.9. The highest BCUT2D eigenvalue weighted by molar-refractivity contribution is 7.89. The molecule has 2 fully saturated rings. The van der Waals surface area contributed by atoms with Crippen molar-refractivity contribution in [3.63, 3.8) is 0 Å². The molecule has 1 aliphatic heterocycles. The maximum absolute atomic E-state index is 12.9. The molecule has 7 heteroatoms. The van der Waals surface area contributed by atoms with Crippen LogP contribution in [0.2, 0.25) is 0 Å². The van der Waals surface area contributed by atoms with Gasteiger partial charge in [0.05, 0.1) is 31.1 Å². The summed E-state index contributed by atoms with van der Waals surface area (Å²) < 4.78 is 27.1. The standard InChI is InChI=1S/C20H31N3O3S/c1-17(20(24)21(2)18-9-5-3-6-10-18)22-13-15-23(16-14-22)27(25,26)19-11-7-4-8-12-19/h4,7-8,11-12,17-18H,3,5-6,9-10,13-16H2,1-2H3/p+1/t17-/m0/s1. The number of benzene rings is 1. The largest absolute Gasteiger partial charge is 0.338 e. The Labute approximate surface area is 163 Å². The summed E-state index contributed by atoms with van der Waals surface area (Å²) in [5.41, 5.74) is 0. The molecule has 0 bridgehead atoms. The Hall–Kier alpha value is -1.44. The van der Waals surface area contributed by atoms with Crippen molar-refractivity contribution in [3.8, 4) is 0 Å². The summed E-state index contributed by atoms with van der Waals surface area (Å²) in [5, 5.41) is 0. The fourth-order valence-corrected chi connectivity index (χ4v) is 5.78. The van der Waals surface area contributed by atoms with Crippen molar-refractivity contribution in [1.29, 1.82) is 0 Å². The number of hydrogen-bond donors (Lipinski definition) is 1. The predicted molar refractivity (Wildman–Crippen MR) is 105 cm³/mol. The number of sulfonamides is 1. The number of amides is 1. The summed E-state index contributed by atoms with van der Waals surface area (Å²) in [7, 11) is -1.51. The zero-order chi connectivity index (χ0) is 19.4. The van der Waals surface area contributed by atoms with Crippen LogP contribution in [-0.4, -0.2) is 68.8 Å². The first-order valence-corrected chi connectivity index (χ1v) is 11.5. The summed E-state index contributed by atoms with van der Waals surface area (Å²) in [6, 6.07) is 8.83. The minimum absolute atomic E-state index is 0.126. The first-order valence-electron chi connectivity index (χ1n) is 10.1. The summed E-state index contributed by atoms with van der Waals surface area (Å²) in [5.74, 6) is 0.191. The molecule has 150 valence electrons.